The van der Waals surface area contributed by atoms with E-state index in [9.17, 15) is 9.59 Å². The maximum absolute atomic E-state index is 12.9. The fourth-order valence-electron chi connectivity index (χ4n) is 3.69. The molecule has 4 N–H and O–H groups in total. The van der Waals surface area contributed by atoms with Crippen LogP contribution < -0.4 is 16.5 Å². The van der Waals surface area contributed by atoms with Crippen molar-refractivity contribution < 1.29 is 14.3 Å². The van der Waals surface area contributed by atoms with E-state index in [0.29, 0.717) is 18.2 Å². The van der Waals surface area contributed by atoms with E-state index in [1.165, 1.54) is 0 Å². The molecule has 0 aliphatic carbocycles. The van der Waals surface area contributed by atoms with Crippen molar-refractivity contribution in [1.29, 1.82) is 0 Å². The van der Waals surface area contributed by atoms with Crippen LogP contribution >= 0.6 is 0 Å². The third-order valence-electron chi connectivity index (χ3n) is 5.54. The van der Waals surface area contributed by atoms with Crippen LogP contribution in [0.25, 0.3) is 0 Å². The van der Waals surface area contributed by atoms with Gasteiger partial charge in [0.2, 0.25) is 5.91 Å². The summed E-state index contributed by atoms with van der Waals surface area (Å²) in [6.07, 6.45) is 4.71. The molecular formula is C21H30N4O3. The summed E-state index contributed by atoms with van der Waals surface area (Å²) in [6.45, 7) is 5.83. The van der Waals surface area contributed by atoms with Crippen LogP contribution in [0.3, 0.4) is 0 Å². The molecule has 1 fully saturated rings. The number of nitrogens with two attached hydrogens (primary N) is 1. The maximum atomic E-state index is 12.9. The minimum absolute atomic E-state index is 0.147. The fourth-order valence-corrected chi connectivity index (χ4v) is 3.69. The molecule has 2 amide bonds. The van der Waals surface area contributed by atoms with Crippen molar-refractivity contribution in [3.63, 3.8) is 0 Å². The van der Waals surface area contributed by atoms with Crippen molar-refractivity contribution in [2.45, 2.75) is 44.7 Å². The molecule has 0 spiro atoms. The molecule has 2 heterocycles. The lowest BCUT2D eigenvalue weighted by Gasteiger charge is -2.32. The summed E-state index contributed by atoms with van der Waals surface area (Å²) in [5.74, 6) is -0.253. The van der Waals surface area contributed by atoms with Crippen molar-refractivity contribution in [3.8, 4) is 0 Å². The Morgan fingerprint density at radius 3 is 2.79 bits per heavy atom. The average Bonchev–Trinajstić information content (AvgIpc) is 3.08. The van der Waals surface area contributed by atoms with E-state index in [1.807, 2.05) is 37.3 Å². The predicted octanol–water partition coefficient (Wildman–Crippen LogP) is 1.63. The maximum Gasteiger partial charge on any atom is 0.268 e. The van der Waals surface area contributed by atoms with Crippen molar-refractivity contribution in [1.82, 2.24) is 15.8 Å². The van der Waals surface area contributed by atoms with E-state index in [2.05, 4.69) is 10.7 Å². The van der Waals surface area contributed by atoms with Gasteiger partial charge in [-0.1, -0.05) is 30.3 Å². The molecule has 28 heavy (non-hydrogen) atoms. The first-order chi connectivity index (χ1) is 13.4. The van der Waals surface area contributed by atoms with Gasteiger partial charge in [0, 0.05) is 19.8 Å². The summed E-state index contributed by atoms with van der Waals surface area (Å²) < 4.78 is 5.50. The number of hydrogen-bond donors (Lipinski definition) is 3. The number of carbonyl (C=O) groups excluding carboxylic acids is 2. The zero-order chi connectivity index (χ0) is 20.1. The van der Waals surface area contributed by atoms with Gasteiger partial charge in [-0.25, -0.2) is 5.43 Å². The number of nitrogens with zero attached hydrogens (tertiary/aromatic N) is 1. The third kappa shape index (κ3) is 4.54. The van der Waals surface area contributed by atoms with E-state index < -0.39 is 11.4 Å². The number of carbonyl (C=O) groups is 2. The summed E-state index contributed by atoms with van der Waals surface area (Å²) in [7, 11) is 0. The van der Waals surface area contributed by atoms with Gasteiger partial charge in [-0.2, -0.15) is 0 Å². The van der Waals surface area contributed by atoms with Crippen LogP contribution in [0.2, 0.25) is 0 Å². The van der Waals surface area contributed by atoms with Crippen LogP contribution in [0.15, 0.2) is 42.1 Å². The van der Waals surface area contributed by atoms with Gasteiger partial charge in [-0.05, 0) is 50.7 Å². The van der Waals surface area contributed by atoms with Crippen LogP contribution in [0.1, 0.15) is 44.7 Å². The number of hydrogen-bond acceptors (Lipinski definition) is 5. The lowest BCUT2D eigenvalue weighted by Crippen LogP contribution is -2.54. The number of primary amides is 1. The summed E-state index contributed by atoms with van der Waals surface area (Å²) in [4.78, 5) is 24.9. The van der Waals surface area contributed by atoms with Gasteiger partial charge in [0.15, 0.2) is 0 Å². The van der Waals surface area contributed by atoms with Crippen LogP contribution in [-0.2, 0) is 14.3 Å². The Morgan fingerprint density at radius 1 is 1.39 bits per heavy atom. The molecule has 2 aliphatic rings. The Labute approximate surface area is 166 Å². The number of amides is 2. The molecule has 3 rings (SSSR count). The fraction of sp³-hybridized carbons (Fsp3) is 0.524. The van der Waals surface area contributed by atoms with Gasteiger partial charge in [-0.3, -0.25) is 14.6 Å². The second-order valence-electron chi connectivity index (χ2n) is 7.79. The highest BCUT2D eigenvalue weighted by Gasteiger charge is 2.42. The summed E-state index contributed by atoms with van der Waals surface area (Å²) >= 11 is 0. The number of nitrogens with one attached hydrogen (secondary N) is 2. The molecule has 0 bridgehead atoms. The number of ether oxygens (including phenoxy) is 1. The second-order valence-corrected chi connectivity index (χ2v) is 7.79. The Hall–Kier alpha value is -2.38. The molecule has 152 valence electrons. The Morgan fingerprint density at radius 2 is 2.14 bits per heavy atom. The minimum Gasteiger partial charge on any atom is -0.381 e. The molecule has 2 aliphatic heterocycles. The SMILES string of the molecule is C[C@@H](c1ccccc1)N1NC(C)(C(N)=O)C=C1C(=O)NCCC1CCCOC1. The molecule has 1 saturated heterocycles. The summed E-state index contributed by atoms with van der Waals surface area (Å²) in [5, 5.41) is 4.72. The van der Waals surface area contributed by atoms with Gasteiger partial charge in [0.1, 0.15) is 11.2 Å². The Kier molecular flexibility index (Phi) is 6.36. The number of hydrazine groups is 1. The van der Waals surface area contributed by atoms with E-state index in [0.717, 1.165) is 38.0 Å². The van der Waals surface area contributed by atoms with E-state index in [4.69, 9.17) is 10.5 Å². The molecule has 1 aromatic carbocycles. The topological polar surface area (TPSA) is 96.7 Å². The van der Waals surface area contributed by atoms with Gasteiger partial charge in [0.25, 0.3) is 5.91 Å². The van der Waals surface area contributed by atoms with Crippen molar-refractivity contribution in [3.05, 3.63) is 47.7 Å². The first kappa shape index (κ1) is 20.4. The molecule has 0 aromatic heterocycles. The minimum atomic E-state index is -1.10. The first-order valence-corrected chi connectivity index (χ1v) is 9.91. The molecular weight excluding hydrogens is 356 g/mol. The van der Waals surface area contributed by atoms with Gasteiger partial charge in [-0.15, -0.1) is 0 Å². The highest BCUT2D eigenvalue weighted by molar-refractivity contribution is 5.97. The van der Waals surface area contributed by atoms with E-state index in [1.54, 1.807) is 18.0 Å². The third-order valence-corrected chi connectivity index (χ3v) is 5.54. The van der Waals surface area contributed by atoms with Crippen LogP contribution in [0.4, 0.5) is 0 Å². The van der Waals surface area contributed by atoms with Gasteiger partial charge >= 0.3 is 0 Å². The lowest BCUT2D eigenvalue weighted by atomic mass is 9.98. The highest BCUT2D eigenvalue weighted by Crippen LogP contribution is 2.30. The van der Waals surface area contributed by atoms with Crippen LogP contribution in [0.5, 0.6) is 0 Å². The Bertz CT molecular complexity index is 730. The first-order valence-electron chi connectivity index (χ1n) is 9.91. The summed E-state index contributed by atoms with van der Waals surface area (Å²) in [6, 6.07) is 9.68. The second kappa shape index (κ2) is 8.75. The van der Waals surface area contributed by atoms with Gasteiger partial charge < -0.3 is 15.8 Å². The molecule has 2 unspecified atom stereocenters. The average molecular weight is 386 g/mol. The molecule has 3 atom stereocenters. The zero-order valence-corrected chi connectivity index (χ0v) is 16.6. The zero-order valence-electron chi connectivity index (χ0n) is 16.6. The van der Waals surface area contributed by atoms with Crippen LogP contribution in [0, 0.1) is 5.92 Å². The van der Waals surface area contributed by atoms with Crippen molar-refractivity contribution in [2.75, 3.05) is 19.8 Å². The standard InChI is InChI=1S/C21H30N4O3/c1-15(17-8-4-3-5-9-17)25-18(13-21(2,24-25)20(22)27)19(26)23-11-10-16-7-6-12-28-14-16/h3-5,8-9,13,15-16,24H,6-7,10-12,14H2,1-2H3,(H2,22,27)(H,23,26)/t15-,16?,21?/m0/s1. The number of benzene rings is 1. The van der Waals surface area contributed by atoms with Crippen LogP contribution in [-0.4, -0.2) is 42.1 Å². The largest absolute Gasteiger partial charge is 0.381 e. The quantitative estimate of drug-likeness (QED) is 0.662. The van der Waals surface area contributed by atoms with Gasteiger partial charge in [0.05, 0.1) is 6.04 Å². The van der Waals surface area contributed by atoms with Crippen molar-refractivity contribution >= 4 is 11.8 Å². The van der Waals surface area contributed by atoms with E-state index >= 15 is 0 Å². The number of rotatable bonds is 7. The Balaban J connectivity index is 1.70. The summed E-state index contributed by atoms with van der Waals surface area (Å²) in [5.41, 5.74) is 9.04. The normalized spacial score (nSPS) is 25.9. The molecule has 0 radical (unpaired) electrons. The molecule has 7 heteroatoms. The molecule has 1 aromatic rings. The molecule has 0 saturated carbocycles. The smallest absolute Gasteiger partial charge is 0.268 e. The lowest BCUT2D eigenvalue weighted by molar-refractivity contribution is -0.124. The monoisotopic (exact) mass is 386 g/mol. The highest BCUT2D eigenvalue weighted by atomic mass is 16.5. The predicted molar refractivity (Wildman–Crippen MR) is 107 cm³/mol. The molecule has 7 nitrogen and oxygen atoms in total. The van der Waals surface area contributed by atoms with E-state index in [-0.39, 0.29) is 11.9 Å². The van der Waals surface area contributed by atoms with Crippen molar-refractivity contribution in [2.24, 2.45) is 11.7 Å².